The normalized spacial score (nSPS) is 15.7. The molecule has 4 heteroatoms. The molecule has 0 rings (SSSR count). The second-order valence-electron chi connectivity index (χ2n) is 5.66. The maximum atomic E-state index is 10.0. The van der Waals surface area contributed by atoms with Crippen molar-refractivity contribution in [2.45, 2.75) is 39.8 Å². The van der Waals surface area contributed by atoms with Gasteiger partial charge in [0.25, 0.3) is 0 Å². The molecule has 0 fully saturated rings. The third-order valence-corrected chi connectivity index (χ3v) is 3.35. The summed E-state index contributed by atoms with van der Waals surface area (Å²) >= 11 is 0. The zero-order valence-electron chi connectivity index (χ0n) is 13.1. The van der Waals surface area contributed by atoms with Crippen LogP contribution in [0.2, 0.25) is 0 Å². The molecule has 0 bridgehead atoms. The summed E-state index contributed by atoms with van der Waals surface area (Å²) in [6.45, 7) is 13.1. The van der Waals surface area contributed by atoms with Crippen LogP contribution in [-0.4, -0.2) is 73.9 Å². The van der Waals surface area contributed by atoms with Crippen LogP contribution >= 0.6 is 0 Å². The van der Waals surface area contributed by atoms with Crippen LogP contribution in [0.3, 0.4) is 0 Å². The molecule has 110 valence electrons. The van der Waals surface area contributed by atoms with Gasteiger partial charge in [-0.3, -0.25) is 0 Å². The van der Waals surface area contributed by atoms with Gasteiger partial charge >= 0.3 is 0 Å². The van der Waals surface area contributed by atoms with Crippen molar-refractivity contribution in [3.05, 3.63) is 0 Å². The Morgan fingerprint density at radius 2 is 1.61 bits per heavy atom. The molecule has 0 saturated heterocycles. The zero-order valence-corrected chi connectivity index (χ0v) is 13.1. The van der Waals surface area contributed by atoms with Gasteiger partial charge in [-0.1, -0.05) is 27.7 Å². The molecule has 0 aromatic carbocycles. The first-order valence-electron chi connectivity index (χ1n) is 7.19. The van der Waals surface area contributed by atoms with E-state index in [0.717, 1.165) is 26.2 Å². The third kappa shape index (κ3) is 8.03. The Hall–Kier alpha value is -0.160. The Morgan fingerprint density at radius 3 is 2.00 bits per heavy atom. The Kier molecular flexibility index (Phi) is 9.64. The summed E-state index contributed by atoms with van der Waals surface area (Å²) in [5.41, 5.74) is 0. The Balaban J connectivity index is 4.02. The number of nitrogens with one attached hydrogen (secondary N) is 1. The highest BCUT2D eigenvalue weighted by molar-refractivity contribution is 4.75. The van der Waals surface area contributed by atoms with E-state index in [0.29, 0.717) is 18.5 Å². The summed E-state index contributed by atoms with van der Waals surface area (Å²) < 4.78 is 0. The van der Waals surface area contributed by atoms with Gasteiger partial charge in [-0.05, 0) is 33.1 Å². The van der Waals surface area contributed by atoms with Gasteiger partial charge in [-0.15, -0.1) is 0 Å². The van der Waals surface area contributed by atoms with E-state index in [1.165, 1.54) is 0 Å². The van der Waals surface area contributed by atoms with Gasteiger partial charge in [0.2, 0.25) is 0 Å². The maximum absolute atomic E-state index is 10.0. The minimum absolute atomic E-state index is 0.284. The molecule has 0 aromatic rings. The first kappa shape index (κ1) is 17.8. The van der Waals surface area contributed by atoms with Gasteiger partial charge in [0.1, 0.15) is 0 Å². The minimum Gasteiger partial charge on any atom is -0.390 e. The first-order valence-corrected chi connectivity index (χ1v) is 7.19. The second-order valence-corrected chi connectivity index (χ2v) is 5.66. The van der Waals surface area contributed by atoms with Crippen LogP contribution in [0.4, 0.5) is 0 Å². The molecule has 2 N–H and O–H groups in total. The van der Waals surface area contributed by atoms with Crippen molar-refractivity contribution in [2.24, 2.45) is 5.92 Å². The largest absolute Gasteiger partial charge is 0.390 e. The molecule has 18 heavy (non-hydrogen) atoms. The molecule has 2 atom stereocenters. The lowest BCUT2D eigenvalue weighted by molar-refractivity contribution is 0.110. The molecular formula is C14H33N3O. The van der Waals surface area contributed by atoms with Crippen molar-refractivity contribution in [1.82, 2.24) is 15.1 Å². The van der Waals surface area contributed by atoms with E-state index in [-0.39, 0.29) is 6.10 Å². The lowest BCUT2D eigenvalue weighted by Gasteiger charge is -2.28. The van der Waals surface area contributed by atoms with Crippen molar-refractivity contribution in [2.75, 3.05) is 46.8 Å². The van der Waals surface area contributed by atoms with Crippen LogP contribution in [0, 0.1) is 5.92 Å². The predicted octanol–water partition coefficient (Wildman–Crippen LogP) is 0.865. The number of rotatable bonds is 10. The van der Waals surface area contributed by atoms with Crippen LogP contribution in [0.15, 0.2) is 0 Å². The third-order valence-electron chi connectivity index (χ3n) is 3.35. The molecule has 0 heterocycles. The highest BCUT2D eigenvalue weighted by atomic mass is 16.3. The quantitative estimate of drug-likeness (QED) is 0.610. The van der Waals surface area contributed by atoms with E-state index in [1.807, 2.05) is 0 Å². The SMILES string of the molecule is CCN(CC)CC(O)CNC(CN(C)C)C(C)C. The summed E-state index contributed by atoms with van der Waals surface area (Å²) in [4.78, 5) is 4.44. The Labute approximate surface area is 113 Å². The summed E-state index contributed by atoms with van der Waals surface area (Å²) in [5.74, 6) is 0.577. The Bertz CT molecular complexity index is 193. The number of nitrogens with zero attached hydrogens (tertiary/aromatic N) is 2. The Morgan fingerprint density at radius 1 is 1.06 bits per heavy atom. The summed E-state index contributed by atoms with van der Waals surface area (Å²) in [6.07, 6.45) is -0.284. The molecule has 0 radical (unpaired) electrons. The fraction of sp³-hybridized carbons (Fsp3) is 1.00. The lowest BCUT2D eigenvalue weighted by Crippen LogP contribution is -2.47. The standard InChI is InChI=1S/C14H33N3O/c1-7-17(8-2)10-13(18)9-15-14(12(3)4)11-16(5)6/h12-15,18H,7-11H2,1-6H3. The molecule has 0 aliphatic carbocycles. The number of aliphatic hydroxyl groups excluding tert-OH is 1. The number of aliphatic hydroxyl groups is 1. The molecule has 0 aliphatic rings. The lowest BCUT2D eigenvalue weighted by atomic mass is 10.0. The molecule has 0 aliphatic heterocycles. The highest BCUT2D eigenvalue weighted by Crippen LogP contribution is 2.03. The zero-order chi connectivity index (χ0) is 14.1. The molecule has 4 nitrogen and oxygen atoms in total. The number of likely N-dealkylation sites (N-methyl/N-ethyl adjacent to an activating group) is 2. The fourth-order valence-electron chi connectivity index (χ4n) is 2.04. The predicted molar refractivity (Wildman–Crippen MR) is 79.0 cm³/mol. The molecular weight excluding hydrogens is 226 g/mol. The molecule has 0 saturated carbocycles. The van der Waals surface area contributed by atoms with Gasteiger partial charge in [0, 0.05) is 25.7 Å². The molecule has 0 spiro atoms. The van der Waals surface area contributed by atoms with Gasteiger partial charge < -0.3 is 20.2 Å². The average molecular weight is 259 g/mol. The van der Waals surface area contributed by atoms with Crippen LogP contribution in [-0.2, 0) is 0 Å². The van der Waals surface area contributed by atoms with Gasteiger partial charge in [0.15, 0.2) is 0 Å². The number of hydrogen-bond acceptors (Lipinski definition) is 4. The van der Waals surface area contributed by atoms with Gasteiger partial charge in [-0.2, -0.15) is 0 Å². The van der Waals surface area contributed by atoms with Gasteiger partial charge in [-0.25, -0.2) is 0 Å². The van der Waals surface area contributed by atoms with E-state index >= 15 is 0 Å². The molecule has 0 aromatic heterocycles. The van der Waals surface area contributed by atoms with Crippen molar-refractivity contribution in [1.29, 1.82) is 0 Å². The summed E-state index contributed by atoms with van der Waals surface area (Å²) in [5, 5.41) is 13.5. The molecule has 2 unspecified atom stereocenters. The van der Waals surface area contributed by atoms with Crippen LogP contribution in [0.5, 0.6) is 0 Å². The number of hydrogen-bond donors (Lipinski definition) is 2. The van der Waals surface area contributed by atoms with E-state index in [1.54, 1.807) is 0 Å². The fourth-order valence-corrected chi connectivity index (χ4v) is 2.04. The van der Waals surface area contributed by atoms with Crippen molar-refractivity contribution in [3.63, 3.8) is 0 Å². The topological polar surface area (TPSA) is 38.7 Å². The minimum atomic E-state index is -0.284. The molecule has 0 amide bonds. The van der Waals surface area contributed by atoms with Crippen LogP contribution in [0.1, 0.15) is 27.7 Å². The summed E-state index contributed by atoms with van der Waals surface area (Å²) in [7, 11) is 4.17. The maximum Gasteiger partial charge on any atom is 0.0791 e. The monoisotopic (exact) mass is 259 g/mol. The first-order chi connectivity index (χ1) is 8.40. The van der Waals surface area contributed by atoms with E-state index < -0.39 is 0 Å². The van der Waals surface area contributed by atoms with Gasteiger partial charge in [0.05, 0.1) is 6.10 Å². The smallest absolute Gasteiger partial charge is 0.0791 e. The van der Waals surface area contributed by atoms with Crippen LogP contribution < -0.4 is 5.32 Å². The van der Waals surface area contributed by atoms with Crippen molar-refractivity contribution < 1.29 is 5.11 Å². The summed E-state index contributed by atoms with van der Waals surface area (Å²) in [6, 6.07) is 0.436. The second kappa shape index (κ2) is 9.73. The van der Waals surface area contributed by atoms with Crippen LogP contribution in [0.25, 0.3) is 0 Å². The average Bonchev–Trinajstić information content (AvgIpc) is 2.30. The van der Waals surface area contributed by atoms with E-state index in [2.05, 4.69) is 56.9 Å². The van der Waals surface area contributed by atoms with Crippen molar-refractivity contribution >= 4 is 0 Å². The van der Waals surface area contributed by atoms with E-state index in [9.17, 15) is 5.11 Å². The highest BCUT2D eigenvalue weighted by Gasteiger charge is 2.16. The van der Waals surface area contributed by atoms with Crippen molar-refractivity contribution in [3.8, 4) is 0 Å². The van der Waals surface area contributed by atoms with E-state index in [4.69, 9.17) is 0 Å².